The summed E-state index contributed by atoms with van der Waals surface area (Å²) in [6.45, 7) is 9.30. The van der Waals surface area contributed by atoms with Crippen molar-refractivity contribution in [1.29, 1.82) is 0 Å². The fraction of sp³-hybridized carbons (Fsp3) is 0.750. The van der Waals surface area contributed by atoms with Crippen LogP contribution in [0, 0.1) is 0 Å². The summed E-state index contributed by atoms with van der Waals surface area (Å²) in [7, 11) is 0. The molecular formula is C16H26N4O2S. The molecule has 0 aromatic carbocycles. The molecule has 128 valence electrons. The third-order valence-corrected chi connectivity index (χ3v) is 5.41. The van der Waals surface area contributed by atoms with Gasteiger partial charge in [-0.05, 0) is 32.9 Å². The Kier molecular flexibility index (Phi) is 5.85. The first-order valence-electron chi connectivity index (χ1n) is 8.53. The molecule has 0 radical (unpaired) electrons. The molecule has 0 unspecified atom stereocenters. The Morgan fingerprint density at radius 1 is 1.22 bits per heavy atom. The molecule has 7 heteroatoms. The van der Waals surface area contributed by atoms with Crippen molar-refractivity contribution in [3.8, 4) is 0 Å². The number of piperazine rings is 1. The van der Waals surface area contributed by atoms with E-state index in [2.05, 4.69) is 15.2 Å². The number of thiazole rings is 1. The summed E-state index contributed by atoms with van der Waals surface area (Å²) >= 11 is 1.72. The molecule has 0 aliphatic carbocycles. The average molecular weight is 338 g/mol. The van der Waals surface area contributed by atoms with Crippen LogP contribution in [0.2, 0.25) is 0 Å². The maximum absolute atomic E-state index is 12.0. The van der Waals surface area contributed by atoms with Crippen LogP contribution in [0.25, 0.3) is 0 Å². The minimum atomic E-state index is 0.0976. The van der Waals surface area contributed by atoms with Crippen molar-refractivity contribution in [3.05, 3.63) is 11.1 Å². The van der Waals surface area contributed by atoms with Gasteiger partial charge in [0, 0.05) is 44.7 Å². The van der Waals surface area contributed by atoms with Gasteiger partial charge in [0.05, 0.1) is 5.69 Å². The zero-order valence-electron chi connectivity index (χ0n) is 13.9. The molecule has 0 saturated carbocycles. The minimum absolute atomic E-state index is 0.0976. The quantitative estimate of drug-likeness (QED) is 0.785. The van der Waals surface area contributed by atoms with Crippen molar-refractivity contribution in [2.45, 2.75) is 26.3 Å². The standard InChI is InChI=1S/C16H26N4O2S/c1-2-22-12-15(21)19-7-9-20(10-8-19)16-17-14(13-23-16)11-18-5-3-4-6-18/h13H,2-12H2,1H3. The van der Waals surface area contributed by atoms with Crippen LogP contribution in [0.15, 0.2) is 5.38 Å². The molecule has 2 aliphatic rings. The lowest BCUT2D eigenvalue weighted by molar-refractivity contribution is -0.136. The van der Waals surface area contributed by atoms with Crippen LogP contribution >= 0.6 is 11.3 Å². The fourth-order valence-corrected chi connectivity index (χ4v) is 3.98. The van der Waals surface area contributed by atoms with Crippen LogP contribution < -0.4 is 4.90 Å². The highest BCUT2D eigenvalue weighted by Gasteiger charge is 2.23. The van der Waals surface area contributed by atoms with Crippen LogP contribution in [0.1, 0.15) is 25.5 Å². The number of rotatable bonds is 6. The largest absolute Gasteiger partial charge is 0.372 e. The van der Waals surface area contributed by atoms with E-state index in [1.807, 2.05) is 11.8 Å². The van der Waals surface area contributed by atoms with Gasteiger partial charge in [-0.2, -0.15) is 0 Å². The molecule has 6 nitrogen and oxygen atoms in total. The van der Waals surface area contributed by atoms with Crippen LogP contribution in [-0.2, 0) is 16.1 Å². The second-order valence-corrected chi connectivity index (χ2v) is 6.95. The number of ether oxygens (including phenoxy) is 1. The van der Waals surface area contributed by atoms with Gasteiger partial charge >= 0.3 is 0 Å². The van der Waals surface area contributed by atoms with E-state index in [1.54, 1.807) is 11.3 Å². The molecule has 0 bridgehead atoms. The van der Waals surface area contributed by atoms with E-state index < -0.39 is 0 Å². The summed E-state index contributed by atoms with van der Waals surface area (Å²) < 4.78 is 5.21. The smallest absolute Gasteiger partial charge is 0.248 e. The van der Waals surface area contributed by atoms with E-state index in [4.69, 9.17) is 9.72 Å². The lowest BCUT2D eigenvalue weighted by Gasteiger charge is -2.34. The number of hydrogen-bond donors (Lipinski definition) is 0. The second kappa shape index (κ2) is 8.08. The molecule has 2 saturated heterocycles. The summed E-state index contributed by atoms with van der Waals surface area (Å²) in [6.07, 6.45) is 2.63. The monoisotopic (exact) mass is 338 g/mol. The third kappa shape index (κ3) is 4.43. The fourth-order valence-electron chi connectivity index (χ4n) is 3.11. The van der Waals surface area contributed by atoms with E-state index >= 15 is 0 Å². The third-order valence-electron chi connectivity index (χ3n) is 4.46. The van der Waals surface area contributed by atoms with Gasteiger partial charge in [0.15, 0.2) is 5.13 Å². The van der Waals surface area contributed by atoms with Crippen molar-refractivity contribution in [3.63, 3.8) is 0 Å². The van der Waals surface area contributed by atoms with Crippen molar-refractivity contribution in [2.24, 2.45) is 0 Å². The van der Waals surface area contributed by atoms with Crippen LogP contribution in [0.3, 0.4) is 0 Å². The van der Waals surface area contributed by atoms with Crippen molar-refractivity contribution in [1.82, 2.24) is 14.8 Å². The Balaban J connectivity index is 1.47. The number of carbonyl (C=O) groups is 1. The van der Waals surface area contributed by atoms with Crippen molar-refractivity contribution >= 4 is 22.4 Å². The first-order chi connectivity index (χ1) is 11.3. The van der Waals surface area contributed by atoms with Crippen molar-refractivity contribution < 1.29 is 9.53 Å². The number of anilines is 1. The van der Waals surface area contributed by atoms with Gasteiger partial charge in [-0.15, -0.1) is 11.3 Å². The SMILES string of the molecule is CCOCC(=O)N1CCN(c2nc(CN3CCCC3)cs2)CC1. The maximum Gasteiger partial charge on any atom is 0.248 e. The van der Waals surface area contributed by atoms with Gasteiger partial charge in [0.25, 0.3) is 0 Å². The zero-order valence-corrected chi connectivity index (χ0v) is 14.7. The number of carbonyl (C=O) groups excluding carboxylic acids is 1. The summed E-state index contributed by atoms with van der Waals surface area (Å²) in [5, 5.41) is 3.27. The molecule has 1 aromatic heterocycles. The zero-order chi connectivity index (χ0) is 16.1. The van der Waals surface area contributed by atoms with E-state index in [-0.39, 0.29) is 12.5 Å². The number of hydrogen-bond acceptors (Lipinski definition) is 6. The molecule has 3 heterocycles. The van der Waals surface area contributed by atoms with Crippen LogP contribution in [0.5, 0.6) is 0 Å². The van der Waals surface area contributed by atoms with E-state index in [0.717, 1.165) is 37.9 Å². The topological polar surface area (TPSA) is 48.9 Å². The average Bonchev–Trinajstić information content (AvgIpc) is 3.25. The predicted molar refractivity (Wildman–Crippen MR) is 91.9 cm³/mol. The van der Waals surface area contributed by atoms with Gasteiger partial charge < -0.3 is 14.5 Å². The van der Waals surface area contributed by atoms with Gasteiger partial charge in [-0.1, -0.05) is 0 Å². The number of aromatic nitrogens is 1. The van der Waals surface area contributed by atoms with Gasteiger partial charge in [0.1, 0.15) is 6.61 Å². The first kappa shape index (κ1) is 16.7. The number of likely N-dealkylation sites (tertiary alicyclic amines) is 1. The molecule has 0 atom stereocenters. The highest BCUT2D eigenvalue weighted by atomic mass is 32.1. The minimum Gasteiger partial charge on any atom is -0.372 e. The Morgan fingerprint density at radius 3 is 2.65 bits per heavy atom. The Morgan fingerprint density at radius 2 is 1.96 bits per heavy atom. The summed E-state index contributed by atoms with van der Waals surface area (Å²) in [5.74, 6) is 0.0976. The number of amides is 1. The Hall–Kier alpha value is -1.18. The van der Waals surface area contributed by atoms with E-state index in [1.165, 1.54) is 31.6 Å². The molecule has 0 spiro atoms. The molecule has 1 amide bonds. The summed E-state index contributed by atoms with van der Waals surface area (Å²) in [4.78, 5) is 23.4. The molecule has 23 heavy (non-hydrogen) atoms. The molecular weight excluding hydrogens is 312 g/mol. The van der Waals surface area contributed by atoms with Gasteiger partial charge in [-0.25, -0.2) is 4.98 Å². The highest BCUT2D eigenvalue weighted by molar-refractivity contribution is 7.13. The lowest BCUT2D eigenvalue weighted by atomic mass is 10.3. The Bertz CT molecular complexity index is 508. The first-order valence-corrected chi connectivity index (χ1v) is 9.41. The molecule has 1 aromatic rings. The van der Waals surface area contributed by atoms with Gasteiger partial charge in [0.2, 0.25) is 5.91 Å². The molecule has 3 rings (SSSR count). The molecule has 0 N–H and O–H groups in total. The van der Waals surface area contributed by atoms with E-state index in [0.29, 0.717) is 6.61 Å². The Labute approximate surface area is 142 Å². The summed E-state index contributed by atoms with van der Waals surface area (Å²) in [5.41, 5.74) is 1.18. The second-order valence-electron chi connectivity index (χ2n) is 6.11. The molecule has 2 fully saturated rings. The lowest BCUT2D eigenvalue weighted by Crippen LogP contribution is -2.49. The highest BCUT2D eigenvalue weighted by Crippen LogP contribution is 2.23. The summed E-state index contributed by atoms with van der Waals surface area (Å²) in [6, 6.07) is 0. The predicted octanol–water partition coefficient (Wildman–Crippen LogP) is 1.42. The molecule has 2 aliphatic heterocycles. The van der Waals surface area contributed by atoms with Gasteiger partial charge in [-0.3, -0.25) is 9.69 Å². The number of nitrogens with zero attached hydrogens (tertiary/aromatic N) is 4. The van der Waals surface area contributed by atoms with E-state index in [9.17, 15) is 4.79 Å². The van der Waals surface area contributed by atoms with Crippen LogP contribution in [-0.4, -0.2) is 73.2 Å². The maximum atomic E-state index is 12.0. The normalized spacial score (nSPS) is 19.5. The van der Waals surface area contributed by atoms with Crippen molar-refractivity contribution in [2.75, 3.05) is 57.4 Å². The van der Waals surface area contributed by atoms with Crippen LogP contribution in [0.4, 0.5) is 5.13 Å².